The van der Waals surface area contributed by atoms with E-state index in [1.165, 1.54) is 36.7 Å². The van der Waals surface area contributed by atoms with Crippen LogP contribution >= 0.6 is 0 Å². The van der Waals surface area contributed by atoms with Crippen molar-refractivity contribution in [2.24, 2.45) is 0 Å². The minimum Gasteiger partial charge on any atom is -0.478 e. The fourth-order valence-electron chi connectivity index (χ4n) is 2.61. The lowest BCUT2D eigenvalue weighted by Crippen LogP contribution is -2.31. The fraction of sp³-hybridized carbons (Fsp3) is 0.0625. The van der Waals surface area contributed by atoms with Crippen molar-refractivity contribution >= 4 is 5.97 Å². The van der Waals surface area contributed by atoms with Crippen LogP contribution in [0.5, 0.6) is 0 Å². The first kappa shape index (κ1) is 16.9. The number of carboxylic acid groups (broad SMARTS) is 1. The molecule has 2 aromatic heterocycles. The van der Waals surface area contributed by atoms with Gasteiger partial charge in [0.2, 0.25) is 0 Å². The molecule has 0 spiro atoms. The largest absolute Gasteiger partial charge is 0.478 e. The molecule has 0 bridgehead atoms. The van der Waals surface area contributed by atoms with Gasteiger partial charge in [-0.2, -0.15) is 0 Å². The summed E-state index contributed by atoms with van der Waals surface area (Å²) in [5.41, 5.74) is -2.32. The molecular weight excluding hydrogens is 344 g/mol. The van der Waals surface area contributed by atoms with Crippen LogP contribution in [0, 0.1) is 0 Å². The number of aromatic nitrogens is 4. The maximum atomic E-state index is 12.2. The Morgan fingerprint density at radius 1 is 0.808 bits per heavy atom. The Hall–Kier alpha value is -3.95. The van der Waals surface area contributed by atoms with Gasteiger partial charge in [-0.15, -0.1) is 0 Å². The number of carbonyl (C=O) groups is 1. The highest BCUT2D eigenvalue weighted by molar-refractivity contribution is 5.87. The van der Waals surface area contributed by atoms with Crippen LogP contribution in [0.15, 0.2) is 55.8 Å². The summed E-state index contributed by atoms with van der Waals surface area (Å²) in [5.74, 6) is -2.07. The van der Waals surface area contributed by atoms with Crippen molar-refractivity contribution in [1.29, 1.82) is 0 Å². The van der Waals surface area contributed by atoms with Gasteiger partial charge in [-0.1, -0.05) is 12.1 Å². The van der Waals surface area contributed by atoms with Crippen LogP contribution in [0.1, 0.15) is 33.0 Å². The summed E-state index contributed by atoms with van der Waals surface area (Å²) in [5, 5.41) is 9.01. The van der Waals surface area contributed by atoms with Gasteiger partial charge in [0, 0.05) is 29.4 Å². The summed E-state index contributed by atoms with van der Waals surface area (Å²) in [4.78, 5) is 66.8. The first-order valence-electron chi connectivity index (χ1n) is 7.34. The molecule has 3 aromatic rings. The second-order valence-corrected chi connectivity index (χ2v) is 5.41. The van der Waals surface area contributed by atoms with E-state index >= 15 is 0 Å². The molecule has 0 saturated carbocycles. The lowest BCUT2D eigenvalue weighted by molar-refractivity contribution is 0.0697. The highest BCUT2D eigenvalue weighted by Gasteiger charge is 2.23. The number of aromatic carboxylic acids is 1. The zero-order valence-electron chi connectivity index (χ0n) is 13.0. The van der Waals surface area contributed by atoms with Crippen LogP contribution in [0.4, 0.5) is 0 Å². The van der Waals surface area contributed by atoms with E-state index in [2.05, 4.69) is 19.9 Å². The van der Waals surface area contributed by atoms with Crippen LogP contribution in [0.3, 0.4) is 0 Å². The van der Waals surface area contributed by atoms with E-state index in [1.54, 1.807) is 0 Å². The monoisotopic (exact) mass is 356 g/mol. The van der Waals surface area contributed by atoms with Gasteiger partial charge in [0.1, 0.15) is 0 Å². The molecule has 5 N–H and O–H groups in total. The predicted molar refractivity (Wildman–Crippen MR) is 89.7 cm³/mol. The van der Waals surface area contributed by atoms with Crippen LogP contribution < -0.4 is 22.5 Å². The Morgan fingerprint density at radius 2 is 1.27 bits per heavy atom. The van der Waals surface area contributed by atoms with E-state index in [-0.39, 0.29) is 16.7 Å². The maximum Gasteiger partial charge on any atom is 0.335 e. The van der Waals surface area contributed by atoms with Crippen LogP contribution in [0.2, 0.25) is 0 Å². The third-order valence-corrected chi connectivity index (χ3v) is 3.81. The summed E-state index contributed by atoms with van der Waals surface area (Å²) in [6.45, 7) is 0. The average molecular weight is 356 g/mol. The van der Waals surface area contributed by atoms with Gasteiger partial charge in [0.15, 0.2) is 0 Å². The molecule has 0 radical (unpaired) electrons. The van der Waals surface area contributed by atoms with Crippen LogP contribution in [0.25, 0.3) is 0 Å². The third-order valence-electron chi connectivity index (χ3n) is 3.81. The summed E-state index contributed by atoms with van der Waals surface area (Å²) in [7, 11) is 0. The van der Waals surface area contributed by atoms with Gasteiger partial charge in [-0.25, -0.2) is 14.4 Å². The molecule has 0 saturated heterocycles. The van der Waals surface area contributed by atoms with Gasteiger partial charge in [0.25, 0.3) is 11.1 Å². The van der Waals surface area contributed by atoms with Crippen molar-refractivity contribution in [3.8, 4) is 0 Å². The molecule has 10 heteroatoms. The molecule has 0 atom stereocenters. The molecule has 0 aliphatic rings. The predicted octanol–water partition coefficient (Wildman–Crippen LogP) is -0.682. The topological polar surface area (TPSA) is 169 Å². The smallest absolute Gasteiger partial charge is 0.335 e. The Bertz CT molecular complexity index is 1130. The maximum absolute atomic E-state index is 12.2. The molecule has 0 amide bonds. The van der Waals surface area contributed by atoms with E-state index in [1.807, 2.05) is 0 Å². The van der Waals surface area contributed by atoms with Crippen molar-refractivity contribution in [3.63, 3.8) is 0 Å². The summed E-state index contributed by atoms with van der Waals surface area (Å²) >= 11 is 0. The second kappa shape index (κ2) is 6.51. The van der Waals surface area contributed by atoms with Gasteiger partial charge in [-0.3, -0.25) is 19.6 Å². The van der Waals surface area contributed by atoms with Crippen molar-refractivity contribution in [2.45, 2.75) is 5.92 Å². The number of aromatic amines is 4. The average Bonchev–Trinajstić information content (AvgIpc) is 2.59. The summed E-state index contributed by atoms with van der Waals surface area (Å²) in [6, 6.07) is 5.54. The van der Waals surface area contributed by atoms with E-state index in [0.29, 0.717) is 5.56 Å². The third kappa shape index (κ3) is 3.15. The number of benzene rings is 1. The Kier molecular flexibility index (Phi) is 4.23. The Balaban J connectivity index is 2.26. The van der Waals surface area contributed by atoms with E-state index in [0.717, 1.165) is 0 Å². The highest BCUT2D eigenvalue weighted by atomic mass is 16.4. The quantitative estimate of drug-likeness (QED) is 0.415. The number of hydrogen-bond donors (Lipinski definition) is 5. The first-order valence-corrected chi connectivity index (χ1v) is 7.34. The van der Waals surface area contributed by atoms with E-state index < -0.39 is 34.4 Å². The molecule has 132 valence electrons. The normalized spacial score (nSPS) is 10.8. The SMILES string of the molecule is O=C(O)c1ccc(C(c2c[nH]c(=O)[nH]c2=O)c2c[nH]c(=O)[nH]c2=O)cc1. The molecular formula is C16H12N4O6. The zero-order valence-corrected chi connectivity index (χ0v) is 13.0. The minimum atomic E-state index is -1.13. The Labute approximate surface area is 143 Å². The first-order chi connectivity index (χ1) is 12.4. The van der Waals surface area contributed by atoms with Crippen LogP contribution in [-0.2, 0) is 0 Å². The van der Waals surface area contributed by atoms with Crippen molar-refractivity contribution in [1.82, 2.24) is 19.9 Å². The molecule has 10 nitrogen and oxygen atoms in total. The van der Waals surface area contributed by atoms with Crippen molar-refractivity contribution < 1.29 is 9.90 Å². The van der Waals surface area contributed by atoms with Crippen LogP contribution in [-0.4, -0.2) is 31.0 Å². The van der Waals surface area contributed by atoms with Gasteiger partial charge in [-0.05, 0) is 17.7 Å². The van der Waals surface area contributed by atoms with Gasteiger partial charge >= 0.3 is 17.3 Å². The van der Waals surface area contributed by atoms with Crippen molar-refractivity contribution in [3.05, 3.63) is 101 Å². The molecule has 2 heterocycles. The zero-order chi connectivity index (χ0) is 18.8. The molecule has 0 aliphatic carbocycles. The van der Waals surface area contributed by atoms with Gasteiger partial charge in [0.05, 0.1) is 5.56 Å². The minimum absolute atomic E-state index is 0.0262. The molecule has 0 aliphatic heterocycles. The lowest BCUT2D eigenvalue weighted by Gasteiger charge is -2.16. The molecule has 26 heavy (non-hydrogen) atoms. The standard InChI is InChI=1S/C16H12N4O6/c21-12-9(5-17-15(25)19-12)11(10-6-18-16(26)20-13(10)22)7-1-3-8(4-2-7)14(23)24/h1-6,11H,(H,23,24)(H2,17,19,21,25)(H2,18,20,22,26). The number of H-pyrrole nitrogens is 4. The number of carboxylic acids is 1. The Morgan fingerprint density at radius 3 is 1.65 bits per heavy atom. The number of rotatable bonds is 4. The molecule has 0 fully saturated rings. The number of nitrogens with one attached hydrogen (secondary N) is 4. The summed E-state index contributed by atoms with van der Waals surface area (Å²) in [6.07, 6.45) is 2.34. The van der Waals surface area contributed by atoms with E-state index in [4.69, 9.17) is 5.11 Å². The molecule has 0 unspecified atom stereocenters. The molecule has 3 rings (SSSR count). The number of hydrogen-bond acceptors (Lipinski definition) is 5. The highest BCUT2D eigenvalue weighted by Crippen LogP contribution is 2.27. The van der Waals surface area contributed by atoms with E-state index in [9.17, 15) is 24.0 Å². The summed E-state index contributed by atoms with van der Waals surface area (Å²) < 4.78 is 0. The fourth-order valence-corrected chi connectivity index (χ4v) is 2.61. The second-order valence-electron chi connectivity index (χ2n) is 5.41. The van der Waals surface area contributed by atoms with Gasteiger partial charge < -0.3 is 15.1 Å². The van der Waals surface area contributed by atoms with Crippen molar-refractivity contribution in [2.75, 3.05) is 0 Å². The molecule has 1 aromatic carbocycles. The lowest BCUT2D eigenvalue weighted by atomic mass is 9.87.